The number of sulfone groups is 1. The third-order valence-corrected chi connectivity index (χ3v) is 8.91. The molecule has 5 rings (SSSR count). The van der Waals surface area contributed by atoms with Crippen molar-refractivity contribution in [2.24, 2.45) is 0 Å². The van der Waals surface area contributed by atoms with Gasteiger partial charge >= 0.3 is 32.9 Å². The first-order chi connectivity index (χ1) is 21.7. The molecule has 1 aliphatic rings. The Labute approximate surface area is 282 Å². The van der Waals surface area contributed by atoms with Crippen LogP contribution in [0.15, 0.2) is 46.2 Å². The molecule has 48 heavy (non-hydrogen) atoms. The molecule has 0 unspecified atom stereocenters. The van der Waals surface area contributed by atoms with Crippen LogP contribution in [-0.2, 0) is 45.5 Å². The van der Waals surface area contributed by atoms with Crippen LogP contribution in [0.1, 0.15) is 41.2 Å². The van der Waals surface area contributed by atoms with Crippen molar-refractivity contribution < 1.29 is 87.4 Å². The minimum absolute atomic E-state index is 0. The SMILES string of the molecule is CC1(C)c2cccc(n2)-c2[c-]c(c(F)c(SOOC(F)(F)F)c2F)C(=O)c2[c-]c(c(F)c(S(=O)(=O)C(F)(F)F)c2F)-c2cccc1n2.[Pt+2]. The average Bonchev–Trinajstić information content (AvgIpc) is 2.97. The molecule has 0 aliphatic carbocycles. The molecule has 0 atom stereocenters. The maximum Gasteiger partial charge on any atom is 2.00 e. The molecular formula is C28H12F10N2O5PtS2. The van der Waals surface area contributed by atoms with Crippen LogP contribution in [0.25, 0.3) is 22.5 Å². The molecule has 2 aromatic carbocycles. The molecule has 0 saturated carbocycles. The third-order valence-electron chi connectivity index (χ3n) is 6.74. The molecule has 8 bridgehead atoms. The first-order valence-electron chi connectivity index (χ1n) is 12.5. The van der Waals surface area contributed by atoms with E-state index >= 15 is 17.6 Å². The fourth-order valence-corrected chi connectivity index (χ4v) is 5.83. The standard InChI is InChI=1S/C28H12F10N2O5S2.Pt/c1-26(2)17-7-3-5-15(39-17)11-9-13(20(30)24(19(11)29)46-45-44-27(33,34)35)23(41)14-10-12(16-6-4-8-18(26)40-16)21(31)25(22(14)32)47(42,43)28(36,37)38;/h3-8H,1-2H3;/q-2;+2. The van der Waals surface area contributed by atoms with Crippen molar-refractivity contribution in [3.63, 3.8) is 0 Å². The van der Waals surface area contributed by atoms with Gasteiger partial charge in [0.2, 0.25) is 0 Å². The van der Waals surface area contributed by atoms with Crippen molar-refractivity contribution in [1.82, 2.24) is 9.97 Å². The van der Waals surface area contributed by atoms with Crippen LogP contribution in [0.3, 0.4) is 0 Å². The average molecular weight is 906 g/mol. The number of aromatic nitrogens is 2. The summed E-state index contributed by atoms with van der Waals surface area (Å²) in [5.74, 6) is -10.9. The van der Waals surface area contributed by atoms with E-state index in [1.165, 1.54) is 38.1 Å². The number of hydrogen-bond acceptors (Lipinski definition) is 8. The quantitative estimate of drug-likeness (QED) is 0.0680. The van der Waals surface area contributed by atoms with Crippen LogP contribution in [-0.4, -0.2) is 36.0 Å². The van der Waals surface area contributed by atoms with Gasteiger partial charge in [-0.25, -0.2) is 8.42 Å². The van der Waals surface area contributed by atoms with Crippen molar-refractivity contribution >= 4 is 27.7 Å². The van der Waals surface area contributed by atoms with Gasteiger partial charge in [0, 0.05) is 33.1 Å². The smallest absolute Gasteiger partial charge is 0.336 e. The van der Waals surface area contributed by atoms with Crippen molar-refractivity contribution in [1.29, 1.82) is 0 Å². The molecule has 1 aliphatic heterocycles. The number of rotatable bonds is 4. The van der Waals surface area contributed by atoms with E-state index < -0.39 is 112 Å². The van der Waals surface area contributed by atoms with Crippen LogP contribution < -0.4 is 0 Å². The van der Waals surface area contributed by atoms with Gasteiger partial charge in [-0.15, -0.1) is 30.2 Å². The van der Waals surface area contributed by atoms with Gasteiger partial charge in [0.25, 0.3) is 9.84 Å². The van der Waals surface area contributed by atoms with E-state index in [0.29, 0.717) is 0 Å². The van der Waals surface area contributed by atoms with Gasteiger partial charge in [-0.3, -0.25) is 27.5 Å². The monoisotopic (exact) mass is 905 g/mol. The Morgan fingerprint density at radius 3 is 1.67 bits per heavy atom. The summed E-state index contributed by atoms with van der Waals surface area (Å²) in [6.45, 7) is 2.99. The second-order valence-electron chi connectivity index (χ2n) is 10.1. The fraction of sp³-hybridized carbons (Fsp3) is 0.179. The number of benzene rings is 2. The number of nitrogens with zero attached hydrogens (tertiary/aromatic N) is 2. The van der Waals surface area contributed by atoms with E-state index in [1.54, 1.807) is 0 Å². The zero-order chi connectivity index (χ0) is 34.9. The second-order valence-corrected chi connectivity index (χ2v) is 12.7. The molecule has 20 heteroatoms. The number of ketones is 1. The number of carbonyl (C=O) groups excluding carboxylic acids is 1. The molecule has 0 spiro atoms. The van der Waals surface area contributed by atoms with E-state index in [4.69, 9.17) is 0 Å². The summed E-state index contributed by atoms with van der Waals surface area (Å²) in [6, 6.07) is 11.1. The largest absolute Gasteiger partial charge is 2.00 e. The van der Waals surface area contributed by atoms with Gasteiger partial charge in [-0.05, 0) is 37.1 Å². The Morgan fingerprint density at radius 1 is 0.750 bits per heavy atom. The van der Waals surface area contributed by atoms with E-state index in [0.717, 1.165) is 12.1 Å². The first kappa shape index (κ1) is 37.4. The van der Waals surface area contributed by atoms with Crippen molar-refractivity contribution in [3.05, 3.63) is 94.3 Å². The van der Waals surface area contributed by atoms with Crippen LogP contribution >= 0.6 is 12.0 Å². The van der Waals surface area contributed by atoms with Gasteiger partial charge < -0.3 is 4.79 Å². The van der Waals surface area contributed by atoms with E-state index in [-0.39, 0.29) is 32.5 Å². The Hall–Kier alpha value is -3.38. The summed E-state index contributed by atoms with van der Waals surface area (Å²) >= 11 is -0.743. The van der Waals surface area contributed by atoms with E-state index in [2.05, 4.69) is 19.2 Å². The minimum atomic E-state index is -6.91. The zero-order valence-corrected chi connectivity index (χ0v) is 27.2. The molecule has 256 valence electrons. The molecule has 0 fully saturated rings. The molecule has 0 saturated heterocycles. The summed E-state index contributed by atoms with van der Waals surface area (Å²) in [4.78, 5) is 20.9. The number of alkyl halides is 6. The third kappa shape index (κ3) is 6.49. The molecular weight excluding hydrogens is 894 g/mol. The number of pyridine rings is 2. The molecule has 2 aromatic heterocycles. The maximum atomic E-state index is 15.7. The Kier molecular flexibility index (Phi) is 10.00. The Bertz CT molecular complexity index is 2070. The van der Waals surface area contributed by atoms with Crippen molar-refractivity contribution in [2.75, 3.05) is 0 Å². The maximum absolute atomic E-state index is 15.7. The Balaban J connectivity index is 0.00000520. The normalized spacial score (nSPS) is 14.3. The van der Waals surface area contributed by atoms with E-state index in [1.807, 2.05) is 12.1 Å². The molecule has 7 nitrogen and oxygen atoms in total. The summed E-state index contributed by atoms with van der Waals surface area (Å²) in [5.41, 5.74) is -14.2. The zero-order valence-electron chi connectivity index (χ0n) is 23.3. The molecule has 0 N–H and O–H groups in total. The number of carbonyl (C=O) groups is 1. The number of halogens is 10. The van der Waals surface area contributed by atoms with Gasteiger partial charge in [0.15, 0.2) is 0 Å². The van der Waals surface area contributed by atoms with Crippen LogP contribution in [0.2, 0.25) is 0 Å². The number of fused-ring (bicyclic) bond motifs is 10. The van der Waals surface area contributed by atoms with Crippen molar-refractivity contribution in [2.45, 2.75) is 40.9 Å². The van der Waals surface area contributed by atoms with Crippen LogP contribution in [0.5, 0.6) is 0 Å². The van der Waals surface area contributed by atoms with E-state index in [9.17, 15) is 39.6 Å². The van der Waals surface area contributed by atoms with Crippen molar-refractivity contribution in [3.8, 4) is 22.5 Å². The molecule has 3 heterocycles. The summed E-state index contributed by atoms with van der Waals surface area (Å²) in [6.07, 6.45) is -5.48. The topological polar surface area (TPSA) is 95.5 Å². The summed E-state index contributed by atoms with van der Waals surface area (Å²) in [5, 5.41) is 0. The predicted octanol–water partition coefficient (Wildman–Crippen LogP) is 7.60. The van der Waals surface area contributed by atoms with Gasteiger partial charge in [-0.1, -0.05) is 35.4 Å². The molecule has 0 radical (unpaired) electrons. The second kappa shape index (κ2) is 12.8. The summed E-state index contributed by atoms with van der Waals surface area (Å²) < 4.78 is 170. The van der Waals surface area contributed by atoms with Gasteiger partial charge in [0.05, 0.1) is 40.2 Å². The molecule has 0 amide bonds. The molecule has 4 aromatic rings. The number of hydrogen-bond donors (Lipinski definition) is 0. The van der Waals surface area contributed by atoms with Crippen LogP contribution in [0, 0.1) is 35.4 Å². The minimum Gasteiger partial charge on any atom is -0.336 e. The Morgan fingerprint density at radius 2 is 1.19 bits per heavy atom. The fourth-order valence-electron chi connectivity index (χ4n) is 4.40. The predicted molar refractivity (Wildman–Crippen MR) is 140 cm³/mol. The van der Waals surface area contributed by atoms with Crippen LogP contribution in [0.4, 0.5) is 43.9 Å². The van der Waals surface area contributed by atoms with Gasteiger partial charge in [0.1, 0.15) is 5.78 Å². The first-order valence-corrected chi connectivity index (χ1v) is 14.7. The van der Waals surface area contributed by atoms with Gasteiger partial charge in [-0.2, -0.15) is 17.5 Å². The summed E-state index contributed by atoms with van der Waals surface area (Å²) in [7, 11) is -6.91.